The zero-order chi connectivity index (χ0) is 18.4. The number of carbonyl (C=O) groups excluding carboxylic acids is 2. The van der Waals surface area contributed by atoms with Crippen molar-refractivity contribution < 1.29 is 9.59 Å². The first-order chi connectivity index (χ1) is 11.8. The van der Waals surface area contributed by atoms with Gasteiger partial charge in [0.05, 0.1) is 6.54 Å². The van der Waals surface area contributed by atoms with Crippen LogP contribution in [0.4, 0.5) is 17.1 Å². The third-order valence-electron chi connectivity index (χ3n) is 3.80. The van der Waals surface area contributed by atoms with Crippen molar-refractivity contribution >= 4 is 28.9 Å². The fourth-order valence-corrected chi connectivity index (χ4v) is 2.21. The third-order valence-corrected chi connectivity index (χ3v) is 3.80. The normalized spacial score (nSPS) is 10.4. The van der Waals surface area contributed by atoms with Crippen LogP contribution in [0.1, 0.15) is 25.0 Å². The first-order valence-corrected chi connectivity index (χ1v) is 8.37. The lowest BCUT2D eigenvalue weighted by Gasteiger charge is -2.11. The Morgan fingerprint density at radius 2 is 1.56 bits per heavy atom. The Kier molecular flexibility index (Phi) is 6.17. The average Bonchev–Trinajstić information content (AvgIpc) is 2.57. The molecule has 0 aliphatic heterocycles. The fraction of sp³-hybridized carbons (Fsp3) is 0.300. The molecule has 0 fully saturated rings. The summed E-state index contributed by atoms with van der Waals surface area (Å²) in [7, 11) is 0. The van der Waals surface area contributed by atoms with Gasteiger partial charge >= 0.3 is 0 Å². The van der Waals surface area contributed by atoms with Crippen molar-refractivity contribution in [2.24, 2.45) is 5.92 Å². The molecular weight excluding hydrogens is 314 g/mol. The molecule has 0 aromatic heterocycles. The van der Waals surface area contributed by atoms with E-state index in [1.165, 1.54) is 0 Å². The molecule has 0 aliphatic carbocycles. The van der Waals surface area contributed by atoms with Crippen LogP contribution >= 0.6 is 0 Å². The second-order valence-corrected chi connectivity index (χ2v) is 6.44. The van der Waals surface area contributed by atoms with E-state index >= 15 is 0 Å². The van der Waals surface area contributed by atoms with Crippen molar-refractivity contribution in [3.05, 3.63) is 53.6 Å². The van der Waals surface area contributed by atoms with Crippen molar-refractivity contribution in [2.75, 3.05) is 22.5 Å². The van der Waals surface area contributed by atoms with Crippen LogP contribution in [0.25, 0.3) is 0 Å². The molecule has 0 saturated heterocycles. The molecule has 2 aromatic carbocycles. The summed E-state index contributed by atoms with van der Waals surface area (Å²) < 4.78 is 0. The van der Waals surface area contributed by atoms with E-state index in [1.807, 2.05) is 70.2 Å². The molecule has 0 unspecified atom stereocenters. The van der Waals surface area contributed by atoms with Crippen molar-refractivity contribution in [3.63, 3.8) is 0 Å². The molecule has 0 spiro atoms. The van der Waals surface area contributed by atoms with E-state index in [-0.39, 0.29) is 24.3 Å². The molecule has 0 saturated carbocycles. The number of benzene rings is 2. The molecule has 0 atom stereocenters. The summed E-state index contributed by atoms with van der Waals surface area (Å²) in [6, 6.07) is 13.3. The Morgan fingerprint density at radius 1 is 0.920 bits per heavy atom. The molecule has 3 N–H and O–H groups in total. The van der Waals surface area contributed by atoms with Crippen molar-refractivity contribution in [2.45, 2.75) is 27.7 Å². The van der Waals surface area contributed by atoms with Crippen LogP contribution in [0.15, 0.2) is 42.5 Å². The molecule has 0 heterocycles. The van der Waals surface area contributed by atoms with Gasteiger partial charge in [-0.1, -0.05) is 26.0 Å². The van der Waals surface area contributed by atoms with Gasteiger partial charge in [0.25, 0.3) is 0 Å². The van der Waals surface area contributed by atoms with Gasteiger partial charge in [0.15, 0.2) is 0 Å². The minimum atomic E-state index is -0.106. The topological polar surface area (TPSA) is 70.2 Å². The number of hydrogen-bond donors (Lipinski definition) is 3. The number of nitrogens with one attached hydrogen (secondary N) is 3. The van der Waals surface area contributed by atoms with Gasteiger partial charge in [0, 0.05) is 23.0 Å². The van der Waals surface area contributed by atoms with E-state index in [1.54, 1.807) is 0 Å². The average molecular weight is 339 g/mol. The summed E-state index contributed by atoms with van der Waals surface area (Å²) in [5, 5.41) is 8.82. The molecular formula is C20H25N3O2. The Morgan fingerprint density at radius 3 is 2.20 bits per heavy atom. The highest BCUT2D eigenvalue weighted by atomic mass is 16.2. The van der Waals surface area contributed by atoms with Crippen molar-refractivity contribution in [1.29, 1.82) is 0 Å². The number of carbonyl (C=O) groups is 2. The van der Waals surface area contributed by atoms with Gasteiger partial charge in [0.2, 0.25) is 11.8 Å². The summed E-state index contributed by atoms with van der Waals surface area (Å²) in [5.74, 6) is -0.189. The monoisotopic (exact) mass is 339 g/mol. The smallest absolute Gasteiger partial charge is 0.243 e. The maximum absolute atomic E-state index is 12.1. The third kappa shape index (κ3) is 5.64. The van der Waals surface area contributed by atoms with E-state index in [2.05, 4.69) is 16.0 Å². The maximum Gasteiger partial charge on any atom is 0.243 e. The van der Waals surface area contributed by atoms with Gasteiger partial charge < -0.3 is 16.0 Å². The van der Waals surface area contributed by atoms with E-state index in [0.29, 0.717) is 0 Å². The minimum Gasteiger partial charge on any atom is -0.376 e. The molecule has 0 bridgehead atoms. The zero-order valence-corrected chi connectivity index (χ0v) is 15.1. The number of aryl methyl sites for hydroxylation is 2. The van der Waals surface area contributed by atoms with Crippen LogP contribution in [-0.2, 0) is 9.59 Å². The second kappa shape index (κ2) is 8.33. The Balaban J connectivity index is 1.87. The standard InChI is InChI=1S/C20H25N3O2/c1-13(2)20(25)22-17-9-7-16(8-10-17)21-12-19(24)23-18-11-14(3)5-6-15(18)4/h5-11,13,21H,12H2,1-4H3,(H,22,25)(H,23,24). The van der Waals surface area contributed by atoms with Gasteiger partial charge in [-0.3, -0.25) is 9.59 Å². The molecule has 2 amide bonds. The molecule has 2 aromatic rings. The van der Waals surface area contributed by atoms with E-state index in [4.69, 9.17) is 0 Å². The number of amides is 2. The SMILES string of the molecule is Cc1ccc(C)c(NC(=O)CNc2ccc(NC(=O)C(C)C)cc2)c1. The predicted molar refractivity (Wildman–Crippen MR) is 103 cm³/mol. The summed E-state index contributed by atoms with van der Waals surface area (Å²) in [5.41, 5.74) is 4.53. The minimum absolute atomic E-state index is 0.0198. The number of hydrogen-bond acceptors (Lipinski definition) is 3. The van der Waals surface area contributed by atoms with Gasteiger partial charge in [-0.25, -0.2) is 0 Å². The number of anilines is 3. The lowest BCUT2D eigenvalue weighted by atomic mass is 10.1. The molecule has 0 radical (unpaired) electrons. The molecule has 0 aliphatic rings. The van der Waals surface area contributed by atoms with Crippen LogP contribution < -0.4 is 16.0 Å². The fourth-order valence-electron chi connectivity index (χ4n) is 2.21. The summed E-state index contributed by atoms with van der Waals surface area (Å²) in [6.07, 6.45) is 0. The number of rotatable bonds is 6. The quantitative estimate of drug-likeness (QED) is 0.746. The van der Waals surface area contributed by atoms with Gasteiger partial charge in [-0.15, -0.1) is 0 Å². The second-order valence-electron chi connectivity index (χ2n) is 6.44. The Labute approximate surface area is 148 Å². The lowest BCUT2D eigenvalue weighted by Crippen LogP contribution is -2.22. The molecule has 25 heavy (non-hydrogen) atoms. The Bertz CT molecular complexity index is 752. The first kappa shape index (κ1) is 18.5. The first-order valence-electron chi connectivity index (χ1n) is 8.37. The van der Waals surface area contributed by atoms with Crippen molar-refractivity contribution in [3.8, 4) is 0 Å². The van der Waals surface area contributed by atoms with Gasteiger partial charge in [-0.2, -0.15) is 0 Å². The molecule has 5 nitrogen and oxygen atoms in total. The van der Waals surface area contributed by atoms with Crippen molar-refractivity contribution in [1.82, 2.24) is 0 Å². The largest absolute Gasteiger partial charge is 0.376 e. The Hall–Kier alpha value is -2.82. The summed E-state index contributed by atoms with van der Waals surface area (Å²) in [6.45, 7) is 7.82. The van der Waals surface area contributed by atoms with E-state index in [9.17, 15) is 9.59 Å². The van der Waals surface area contributed by atoms with Gasteiger partial charge in [-0.05, 0) is 55.3 Å². The highest BCUT2D eigenvalue weighted by molar-refractivity contribution is 5.95. The van der Waals surface area contributed by atoms with E-state index < -0.39 is 0 Å². The van der Waals surface area contributed by atoms with Crippen LogP contribution in [0.3, 0.4) is 0 Å². The van der Waals surface area contributed by atoms with Crippen LogP contribution in [0.5, 0.6) is 0 Å². The summed E-state index contributed by atoms with van der Waals surface area (Å²) in [4.78, 5) is 23.8. The van der Waals surface area contributed by atoms with Crippen LogP contribution in [0.2, 0.25) is 0 Å². The molecule has 2 rings (SSSR count). The molecule has 5 heteroatoms. The highest BCUT2D eigenvalue weighted by Crippen LogP contribution is 2.17. The lowest BCUT2D eigenvalue weighted by molar-refractivity contribution is -0.119. The zero-order valence-electron chi connectivity index (χ0n) is 15.1. The summed E-state index contributed by atoms with van der Waals surface area (Å²) >= 11 is 0. The maximum atomic E-state index is 12.1. The highest BCUT2D eigenvalue weighted by Gasteiger charge is 2.07. The van der Waals surface area contributed by atoms with Crippen LogP contribution in [-0.4, -0.2) is 18.4 Å². The predicted octanol–water partition coefficient (Wildman–Crippen LogP) is 3.95. The molecule has 132 valence electrons. The van der Waals surface area contributed by atoms with Gasteiger partial charge in [0.1, 0.15) is 0 Å². The van der Waals surface area contributed by atoms with Crippen LogP contribution in [0, 0.1) is 19.8 Å². The van der Waals surface area contributed by atoms with E-state index in [0.717, 1.165) is 28.2 Å².